The highest BCUT2D eigenvalue weighted by molar-refractivity contribution is 9.10. The van der Waals surface area contributed by atoms with Gasteiger partial charge in [0.15, 0.2) is 0 Å². The Balaban J connectivity index is 1.86. The SMILES string of the molecule is Cc1cccc(N2CC3(CC3)C2)c1Br. The van der Waals surface area contributed by atoms with Gasteiger partial charge in [0.25, 0.3) is 0 Å². The largest absolute Gasteiger partial charge is 0.369 e. The Labute approximate surface area is 93.2 Å². The number of hydrogen-bond acceptors (Lipinski definition) is 1. The minimum atomic E-state index is 0.739. The summed E-state index contributed by atoms with van der Waals surface area (Å²) in [6.07, 6.45) is 2.90. The molecule has 0 radical (unpaired) electrons. The molecule has 0 amide bonds. The molecule has 0 aromatic heterocycles. The first-order chi connectivity index (χ1) is 6.70. The smallest absolute Gasteiger partial charge is 0.0513 e. The molecule has 1 saturated heterocycles. The summed E-state index contributed by atoms with van der Waals surface area (Å²) < 4.78 is 1.27. The summed E-state index contributed by atoms with van der Waals surface area (Å²) in [6.45, 7) is 4.70. The van der Waals surface area contributed by atoms with Crippen molar-refractivity contribution in [2.24, 2.45) is 5.41 Å². The average molecular weight is 252 g/mol. The van der Waals surface area contributed by atoms with Crippen molar-refractivity contribution >= 4 is 21.6 Å². The van der Waals surface area contributed by atoms with Crippen LogP contribution in [0.25, 0.3) is 0 Å². The van der Waals surface area contributed by atoms with Crippen LogP contribution < -0.4 is 4.90 Å². The molecule has 1 saturated carbocycles. The van der Waals surface area contributed by atoms with Gasteiger partial charge in [0.2, 0.25) is 0 Å². The molecule has 1 nitrogen and oxygen atoms in total. The summed E-state index contributed by atoms with van der Waals surface area (Å²) in [6, 6.07) is 6.51. The van der Waals surface area contributed by atoms with Crippen molar-refractivity contribution in [1.29, 1.82) is 0 Å². The molecule has 0 bridgehead atoms. The van der Waals surface area contributed by atoms with E-state index in [0.29, 0.717) is 0 Å². The molecule has 1 aromatic rings. The molecule has 0 unspecified atom stereocenters. The van der Waals surface area contributed by atoms with Crippen LogP contribution in [0.1, 0.15) is 18.4 Å². The van der Waals surface area contributed by atoms with Crippen LogP contribution >= 0.6 is 15.9 Å². The summed E-state index contributed by atoms with van der Waals surface area (Å²) in [5.74, 6) is 0. The van der Waals surface area contributed by atoms with Crippen LogP contribution in [-0.2, 0) is 0 Å². The van der Waals surface area contributed by atoms with E-state index in [-0.39, 0.29) is 0 Å². The Hall–Kier alpha value is -0.500. The Bertz CT molecular complexity index is 374. The maximum atomic E-state index is 3.67. The highest BCUT2D eigenvalue weighted by atomic mass is 79.9. The van der Waals surface area contributed by atoms with E-state index in [1.807, 2.05) is 0 Å². The molecule has 14 heavy (non-hydrogen) atoms. The van der Waals surface area contributed by atoms with Crippen molar-refractivity contribution < 1.29 is 0 Å². The summed E-state index contributed by atoms with van der Waals surface area (Å²) in [5, 5.41) is 0. The van der Waals surface area contributed by atoms with Gasteiger partial charge in [-0.3, -0.25) is 0 Å². The monoisotopic (exact) mass is 251 g/mol. The molecular weight excluding hydrogens is 238 g/mol. The van der Waals surface area contributed by atoms with Crippen molar-refractivity contribution in [2.45, 2.75) is 19.8 Å². The van der Waals surface area contributed by atoms with Crippen molar-refractivity contribution in [1.82, 2.24) is 0 Å². The molecule has 1 heterocycles. The quantitative estimate of drug-likeness (QED) is 0.740. The Morgan fingerprint density at radius 1 is 1.29 bits per heavy atom. The van der Waals surface area contributed by atoms with Crippen LogP contribution in [0.15, 0.2) is 22.7 Å². The van der Waals surface area contributed by atoms with Crippen LogP contribution in [-0.4, -0.2) is 13.1 Å². The summed E-state index contributed by atoms with van der Waals surface area (Å²) in [7, 11) is 0. The van der Waals surface area contributed by atoms with Gasteiger partial charge in [-0.05, 0) is 47.3 Å². The molecule has 1 aromatic carbocycles. The molecular formula is C12H14BrN. The second-order valence-electron chi connectivity index (χ2n) is 4.76. The van der Waals surface area contributed by atoms with Crippen molar-refractivity contribution in [3.63, 3.8) is 0 Å². The third-order valence-electron chi connectivity index (χ3n) is 3.52. The Morgan fingerprint density at radius 2 is 2.00 bits per heavy atom. The van der Waals surface area contributed by atoms with Gasteiger partial charge < -0.3 is 4.90 Å². The normalized spacial score (nSPS) is 22.3. The zero-order chi connectivity index (χ0) is 9.76. The van der Waals surface area contributed by atoms with Gasteiger partial charge in [-0.25, -0.2) is 0 Å². The third kappa shape index (κ3) is 1.20. The minimum absolute atomic E-state index is 0.739. The van der Waals surface area contributed by atoms with Crippen molar-refractivity contribution in [2.75, 3.05) is 18.0 Å². The van der Waals surface area contributed by atoms with Crippen LogP contribution in [0.3, 0.4) is 0 Å². The van der Waals surface area contributed by atoms with Crippen LogP contribution in [0, 0.1) is 12.3 Å². The van der Waals surface area contributed by atoms with E-state index in [2.05, 4.69) is 46.0 Å². The second kappa shape index (κ2) is 2.75. The minimum Gasteiger partial charge on any atom is -0.369 e. The van der Waals surface area contributed by atoms with Gasteiger partial charge in [-0.1, -0.05) is 12.1 Å². The maximum Gasteiger partial charge on any atom is 0.0513 e. The molecule has 1 aliphatic carbocycles. The molecule has 2 heteroatoms. The number of halogens is 1. The van der Waals surface area contributed by atoms with E-state index in [9.17, 15) is 0 Å². The van der Waals surface area contributed by atoms with Gasteiger partial charge in [0.05, 0.1) is 5.69 Å². The lowest BCUT2D eigenvalue weighted by atomic mass is 9.96. The van der Waals surface area contributed by atoms with Gasteiger partial charge in [0, 0.05) is 23.0 Å². The van der Waals surface area contributed by atoms with Crippen LogP contribution in [0.2, 0.25) is 0 Å². The number of hydrogen-bond donors (Lipinski definition) is 0. The summed E-state index contributed by atoms with van der Waals surface area (Å²) in [4.78, 5) is 2.49. The first kappa shape index (κ1) is 8.78. The second-order valence-corrected chi connectivity index (χ2v) is 5.56. The van der Waals surface area contributed by atoms with E-state index in [0.717, 1.165) is 5.41 Å². The van der Waals surface area contributed by atoms with E-state index < -0.39 is 0 Å². The number of benzene rings is 1. The number of rotatable bonds is 1. The zero-order valence-corrected chi connectivity index (χ0v) is 9.97. The Morgan fingerprint density at radius 3 is 2.64 bits per heavy atom. The van der Waals surface area contributed by atoms with Crippen LogP contribution in [0.4, 0.5) is 5.69 Å². The average Bonchev–Trinajstić information content (AvgIpc) is 2.87. The van der Waals surface area contributed by atoms with Crippen LogP contribution in [0.5, 0.6) is 0 Å². The lowest BCUT2D eigenvalue weighted by Crippen LogP contribution is -2.48. The fourth-order valence-electron chi connectivity index (χ4n) is 2.30. The lowest BCUT2D eigenvalue weighted by Gasteiger charge is -2.42. The summed E-state index contributed by atoms with van der Waals surface area (Å²) >= 11 is 3.67. The fraction of sp³-hybridized carbons (Fsp3) is 0.500. The number of anilines is 1. The van der Waals surface area contributed by atoms with Gasteiger partial charge in [0.1, 0.15) is 0 Å². The number of aryl methyl sites for hydroxylation is 1. The third-order valence-corrected chi connectivity index (χ3v) is 4.55. The highest BCUT2D eigenvalue weighted by Gasteiger charge is 2.52. The first-order valence-electron chi connectivity index (χ1n) is 5.20. The van der Waals surface area contributed by atoms with Crippen molar-refractivity contribution in [3.8, 4) is 0 Å². The molecule has 2 aliphatic rings. The molecule has 1 aliphatic heterocycles. The predicted octanol–water partition coefficient (Wildman–Crippen LogP) is 3.36. The first-order valence-corrected chi connectivity index (χ1v) is 6.00. The van der Waals surface area contributed by atoms with E-state index in [1.165, 1.54) is 41.7 Å². The molecule has 0 atom stereocenters. The Kier molecular flexibility index (Phi) is 1.73. The van der Waals surface area contributed by atoms with E-state index >= 15 is 0 Å². The standard InChI is InChI=1S/C12H14BrN/c1-9-3-2-4-10(11(9)13)14-7-12(8-14)5-6-12/h2-4H,5-8H2,1H3. The molecule has 2 fully saturated rings. The molecule has 1 spiro atoms. The fourth-order valence-corrected chi connectivity index (χ4v) is 2.82. The summed E-state index contributed by atoms with van der Waals surface area (Å²) in [5.41, 5.74) is 3.45. The zero-order valence-electron chi connectivity index (χ0n) is 8.39. The number of nitrogens with zero attached hydrogens (tertiary/aromatic N) is 1. The highest BCUT2D eigenvalue weighted by Crippen LogP contribution is 2.54. The molecule has 0 N–H and O–H groups in total. The van der Waals surface area contributed by atoms with Gasteiger partial charge in [-0.2, -0.15) is 0 Å². The molecule has 74 valence electrons. The van der Waals surface area contributed by atoms with E-state index in [4.69, 9.17) is 0 Å². The van der Waals surface area contributed by atoms with Gasteiger partial charge in [-0.15, -0.1) is 0 Å². The maximum absolute atomic E-state index is 3.67. The van der Waals surface area contributed by atoms with Crippen molar-refractivity contribution in [3.05, 3.63) is 28.2 Å². The van der Waals surface area contributed by atoms with Gasteiger partial charge >= 0.3 is 0 Å². The topological polar surface area (TPSA) is 3.24 Å². The lowest BCUT2D eigenvalue weighted by molar-refractivity contribution is 0.387. The molecule has 3 rings (SSSR count). The predicted molar refractivity (Wildman–Crippen MR) is 62.8 cm³/mol. The van der Waals surface area contributed by atoms with E-state index in [1.54, 1.807) is 0 Å².